The number of pyridine rings is 1. The van der Waals surface area contributed by atoms with E-state index in [1.54, 1.807) is 10.7 Å². The summed E-state index contributed by atoms with van der Waals surface area (Å²) in [5.41, 5.74) is 4.00. The van der Waals surface area contributed by atoms with E-state index in [0.717, 1.165) is 30.0 Å². The minimum atomic E-state index is -0.252. The number of carbonyl (C=O) groups excluding carboxylic acids is 1. The van der Waals surface area contributed by atoms with Gasteiger partial charge in [-0.2, -0.15) is 5.10 Å². The van der Waals surface area contributed by atoms with Gasteiger partial charge in [-0.15, -0.1) is 0 Å². The second kappa shape index (κ2) is 8.47. The Morgan fingerprint density at radius 1 is 1.09 bits per heavy atom. The SMILES string of the molecule is CC(C)NC(=O)c1cc2nc(-n3ccc(-c4ccccc4)n3)cc(N3CCOCC3)c2o1. The Labute approximate surface area is 185 Å². The van der Waals surface area contributed by atoms with Crippen LogP contribution in [0.2, 0.25) is 0 Å². The largest absolute Gasteiger partial charge is 0.447 e. The van der Waals surface area contributed by atoms with Crippen LogP contribution in [0.5, 0.6) is 0 Å². The Morgan fingerprint density at radius 2 is 1.88 bits per heavy atom. The first-order valence-electron chi connectivity index (χ1n) is 10.8. The number of amides is 1. The maximum atomic E-state index is 12.5. The van der Waals surface area contributed by atoms with Gasteiger partial charge < -0.3 is 19.4 Å². The van der Waals surface area contributed by atoms with Crippen LogP contribution in [0.25, 0.3) is 28.2 Å². The fourth-order valence-corrected chi connectivity index (χ4v) is 3.81. The van der Waals surface area contributed by atoms with Crippen LogP contribution in [-0.4, -0.2) is 53.0 Å². The fourth-order valence-electron chi connectivity index (χ4n) is 3.81. The molecule has 8 nitrogen and oxygen atoms in total. The summed E-state index contributed by atoms with van der Waals surface area (Å²) < 4.78 is 13.3. The van der Waals surface area contributed by atoms with Crippen LogP contribution in [0.1, 0.15) is 24.4 Å². The van der Waals surface area contributed by atoms with Crippen LogP contribution in [0.4, 0.5) is 5.69 Å². The van der Waals surface area contributed by atoms with Crippen LogP contribution in [0.15, 0.2) is 59.1 Å². The van der Waals surface area contributed by atoms with Crippen molar-refractivity contribution >= 4 is 22.7 Å². The summed E-state index contributed by atoms with van der Waals surface area (Å²) in [6.07, 6.45) is 1.89. The first kappa shape index (κ1) is 20.3. The Kier molecular flexibility index (Phi) is 5.36. The highest BCUT2D eigenvalue weighted by Crippen LogP contribution is 2.31. The molecule has 32 heavy (non-hydrogen) atoms. The molecule has 3 aromatic heterocycles. The third-order valence-corrected chi connectivity index (χ3v) is 5.33. The van der Waals surface area contributed by atoms with Crippen LogP contribution in [-0.2, 0) is 4.74 Å². The zero-order chi connectivity index (χ0) is 22.1. The normalized spacial score (nSPS) is 14.3. The molecule has 1 aromatic carbocycles. The quantitative estimate of drug-likeness (QED) is 0.519. The van der Waals surface area contributed by atoms with Gasteiger partial charge in [0.25, 0.3) is 5.91 Å². The number of morpholine rings is 1. The van der Waals surface area contributed by atoms with Crippen molar-refractivity contribution in [1.29, 1.82) is 0 Å². The third-order valence-electron chi connectivity index (χ3n) is 5.33. The number of aromatic nitrogens is 3. The molecule has 1 N–H and O–H groups in total. The maximum absolute atomic E-state index is 12.5. The fraction of sp³-hybridized carbons (Fsp3) is 0.292. The average Bonchev–Trinajstić information content (AvgIpc) is 3.47. The lowest BCUT2D eigenvalue weighted by Gasteiger charge is -2.28. The molecule has 0 atom stereocenters. The summed E-state index contributed by atoms with van der Waals surface area (Å²) >= 11 is 0. The van der Waals surface area contributed by atoms with Crippen molar-refractivity contribution in [1.82, 2.24) is 20.1 Å². The third kappa shape index (κ3) is 3.97. The zero-order valence-electron chi connectivity index (χ0n) is 18.1. The standard InChI is InChI=1S/C24H25N5O3/c1-16(2)25-24(30)21-14-19-23(32-21)20(28-10-12-31-13-11-28)15-22(26-19)29-9-8-18(27-29)17-6-4-3-5-7-17/h3-9,14-16H,10-13H2,1-2H3,(H,25,30). The number of benzene rings is 1. The first-order valence-corrected chi connectivity index (χ1v) is 10.8. The van der Waals surface area contributed by atoms with E-state index in [2.05, 4.69) is 10.2 Å². The maximum Gasteiger partial charge on any atom is 0.287 e. The lowest BCUT2D eigenvalue weighted by molar-refractivity contribution is 0.0917. The van der Waals surface area contributed by atoms with Crippen molar-refractivity contribution in [3.8, 4) is 17.1 Å². The number of rotatable bonds is 5. The Hall–Kier alpha value is -3.65. The molecule has 0 saturated carbocycles. The van der Waals surface area contributed by atoms with Gasteiger partial charge >= 0.3 is 0 Å². The molecule has 0 radical (unpaired) electrons. The smallest absolute Gasteiger partial charge is 0.287 e. The summed E-state index contributed by atoms with van der Waals surface area (Å²) in [7, 11) is 0. The molecule has 1 aliphatic rings. The van der Waals surface area contributed by atoms with E-state index in [1.807, 2.05) is 62.5 Å². The number of hydrogen-bond acceptors (Lipinski definition) is 6. The van der Waals surface area contributed by atoms with Gasteiger partial charge in [0.15, 0.2) is 17.2 Å². The van der Waals surface area contributed by atoms with Gasteiger partial charge in [-0.1, -0.05) is 30.3 Å². The molecule has 0 unspecified atom stereocenters. The molecule has 1 amide bonds. The molecule has 4 heterocycles. The van der Waals surface area contributed by atoms with Gasteiger partial charge in [-0.05, 0) is 19.9 Å². The molecule has 1 saturated heterocycles. The Bertz CT molecular complexity index is 1240. The summed E-state index contributed by atoms with van der Waals surface area (Å²) in [5, 5.41) is 7.60. The second-order valence-electron chi connectivity index (χ2n) is 8.06. The number of carbonyl (C=O) groups is 1. The minimum absolute atomic E-state index is 0.0124. The summed E-state index contributed by atoms with van der Waals surface area (Å²) in [6.45, 7) is 6.58. The number of hydrogen-bond donors (Lipinski definition) is 1. The van der Waals surface area contributed by atoms with Crippen LogP contribution < -0.4 is 10.2 Å². The van der Waals surface area contributed by atoms with E-state index in [1.165, 1.54) is 0 Å². The molecular weight excluding hydrogens is 406 g/mol. The Balaban J connectivity index is 1.59. The number of fused-ring (bicyclic) bond motifs is 1. The van der Waals surface area contributed by atoms with Gasteiger partial charge in [0, 0.05) is 43.0 Å². The summed E-state index contributed by atoms with van der Waals surface area (Å²) in [6, 6.07) is 15.7. The van der Waals surface area contributed by atoms with Crippen molar-refractivity contribution in [3.05, 3.63) is 60.5 Å². The van der Waals surface area contributed by atoms with Gasteiger partial charge in [-0.3, -0.25) is 4.79 Å². The molecule has 5 rings (SSSR count). The van der Waals surface area contributed by atoms with Crippen LogP contribution in [0, 0.1) is 0 Å². The van der Waals surface area contributed by atoms with Crippen LogP contribution >= 0.6 is 0 Å². The highest BCUT2D eigenvalue weighted by atomic mass is 16.5. The molecular formula is C24H25N5O3. The molecule has 8 heteroatoms. The van der Waals surface area contributed by atoms with Gasteiger partial charge in [0.05, 0.1) is 24.6 Å². The van der Waals surface area contributed by atoms with Crippen molar-refractivity contribution in [2.45, 2.75) is 19.9 Å². The number of anilines is 1. The first-order chi connectivity index (χ1) is 15.6. The van der Waals surface area contributed by atoms with E-state index in [-0.39, 0.29) is 17.7 Å². The molecule has 164 valence electrons. The number of furan rings is 1. The highest BCUT2D eigenvalue weighted by molar-refractivity contribution is 5.98. The predicted molar refractivity (Wildman–Crippen MR) is 122 cm³/mol. The van der Waals surface area contributed by atoms with Crippen molar-refractivity contribution in [3.63, 3.8) is 0 Å². The van der Waals surface area contributed by atoms with Crippen LogP contribution in [0.3, 0.4) is 0 Å². The lowest BCUT2D eigenvalue weighted by Crippen LogP contribution is -2.36. The van der Waals surface area contributed by atoms with Crippen molar-refractivity contribution in [2.24, 2.45) is 0 Å². The minimum Gasteiger partial charge on any atom is -0.447 e. The molecule has 4 aromatic rings. The van der Waals surface area contributed by atoms with E-state index >= 15 is 0 Å². The second-order valence-corrected chi connectivity index (χ2v) is 8.06. The Morgan fingerprint density at radius 3 is 2.62 bits per heavy atom. The molecule has 1 fully saturated rings. The number of nitrogens with one attached hydrogen (secondary N) is 1. The zero-order valence-corrected chi connectivity index (χ0v) is 18.1. The monoisotopic (exact) mass is 431 g/mol. The topological polar surface area (TPSA) is 85.4 Å². The summed E-state index contributed by atoms with van der Waals surface area (Å²) in [5.74, 6) is 0.661. The number of ether oxygens (including phenoxy) is 1. The highest BCUT2D eigenvalue weighted by Gasteiger charge is 2.22. The number of nitrogens with zero attached hydrogens (tertiary/aromatic N) is 4. The molecule has 0 spiro atoms. The van der Waals surface area contributed by atoms with E-state index in [4.69, 9.17) is 19.2 Å². The van der Waals surface area contributed by atoms with E-state index in [9.17, 15) is 4.79 Å². The average molecular weight is 431 g/mol. The van der Waals surface area contributed by atoms with Crippen molar-refractivity contribution in [2.75, 3.05) is 31.2 Å². The van der Waals surface area contributed by atoms with Gasteiger partial charge in [0.1, 0.15) is 5.52 Å². The molecule has 1 aliphatic heterocycles. The van der Waals surface area contributed by atoms with E-state index < -0.39 is 0 Å². The summed E-state index contributed by atoms with van der Waals surface area (Å²) in [4.78, 5) is 19.5. The van der Waals surface area contributed by atoms with Gasteiger partial charge in [-0.25, -0.2) is 9.67 Å². The van der Waals surface area contributed by atoms with E-state index in [0.29, 0.717) is 30.1 Å². The van der Waals surface area contributed by atoms with Crippen molar-refractivity contribution < 1.29 is 13.9 Å². The van der Waals surface area contributed by atoms with Gasteiger partial charge in [0.2, 0.25) is 0 Å². The lowest BCUT2D eigenvalue weighted by atomic mass is 10.2. The molecule has 0 aliphatic carbocycles. The molecule has 0 bridgehead atoms. The predicted octanol–water partition coefficient (Wildman–Crippen LogP) is 3.66.